The summed E-state index contributed by atoms with van der Waals surface area (Å²) in [5, 5.41) is 0. The van der Waals surface area contributed by atoms with Crippen LogP contribution in [-0.2, 0) is 10.1 Å². The Morgan fingerprint density at radius 2 is 2.00 bits per heavy atom. The van der Waals surface area contributed by atoms with Crippen molar-refractivity contribution in [1.29, 1.82) is 0 Å². The van der Waals surface area contributed by atoms with Crippen molar-refractivity contribution in [3.05, 3.63) is 23.8 Å². The van der Waals surface area contributed by atoms with E-state index in [9.17, 15) is 8.42 Å². The summed E-state index contributed by atoms with van der Waals surface area (Å²) < 4.78 is 35.6. The van der Waals surface area contributed by atoms with Gasteiger partial charge in [0.2, 0.25) is 0 Å². The fourth-order valence-corrected chi connectivity index (χ4v) is 3.20. The Labute approximate surface area is 137 Å². The van der Waals surface area contributed by atoms with Crippen molar-refractivity contribution < 1.29 is 17.7 Å². The SMILES string of the molecule is C#Cc1ccc(OC)c(N2CCN(CCCS(=O)(=O)O)CC2)c1. The first-order chi connectivity index (χ1) is 10.9. The molecule has 1 aromatic carbocycles. The molecule has 0 saturated carbocycles. The summed E-state index contributed by atoms with van der Waals surface area (Å²) in [4.78, 5) is 4.41. The van der Waals surface area contributed by atoms with Crippen molar-refractivity contribution in [3.8, 4) is 18.1 Å². The maximum Gasteiger partial charge on any atom is 0.264 e. The van der Waals surface area contributed by atoms with E-state index in [0.717, 1.165) is 43.2 Å². The van der Waals surface area contributed by atoms with Crippen LogP contribution < -0.4 is 9.64 Å². The molecule has 0 unspecified atom stereocenters. The van der Waals surface area contributed by atoms with Crippen LogP contribution in [-0.4, -0.2) is 63.5 Å². The fraction of sp³-hybridized carbons (Fsp3) is 0.500. The van der Waals surface area contributed by atoms with E-state index >= 15 is 0 Å². The van der Waals surface area contributed by atoms with E-state index in [1.165, 1.54) is 0 Å². The van der Waals surface area contributed by atoms with Crippen molar-refractivity contribution in [3.63, 3.8) is 0 Å². The molecule has 1 aliphatic heterocycles. The summed E-state index contributed by atoms with van der Waals surface area (Å²) in [6.07, 6.45) is 5.90. The highest BCUT2D eigenvalue weighted by Gasteiger charge is 2.20. The summed E-state index contributed by atoms with van der Waals surface area (Å²) in [7, 11) is -2.23. The van der Waals surface area contributed by atoms with E-state index in [2.05, 4.69) is 15.7 Å². The highest BCUT2D eigenvalue weighted by molar-refractivity contribution is 7.85. The maximum atomic E-state index is 10.7. The third kappa shape index (κ3) is 5.13. The van der Waals surface area contributed by atoms with E-state index < -0.39 is 10.1 Å². The van der Waals surface area contributed by atoms with Gasteiger partial charge in [-0.25, -0.2) is 0 Å². The number of benzene rings is 1. The first-order valence-corrected chi connectivity index (χ1v) is 9.11. The van der Waals surface area contributed by atoms with Gasteiger partial charge in [0.15, 0.2) is 0 Å². The van der Waals surface area contributed by atoms with Crippen LogP contribution in [0.5, 0.6) is 5.75 Å². The van der Waals surface area contributed by atoms with Gasteiger partial charge in [-0.15, -0.1) is 6.42 Å². The van der Waals surface area contributed by atoms with Gasteiger partial charge in [0.25, 0.3) is 10.1 Å². The number of anilines is 1. The minimum absolute atomic E-state index is 0.189. The number of piperazine rings is 1. The standard InChI is InChI=1S/C16H22N2O4S/c1-3-14-5-6-16(22-2)15(13-14)18-10-8-17(9-11-18)7-4-12-23(19,20)21/h1,5-6,13H,4,7-12H2,2H3,(H,19,20,21). The molecule has 1 saturated heterocycles. The van der Waals surface area contributed by atoms with E-state index in [0.29, 0.717) is 13.0 Å². The molecule has 1 aliphatic rings. The second-order valence-corrected chi connectivity index (χ2v) is 7.07. The lowest BCUT2D eigenvalue weighted by Crippen LogP contribution is -2.47. The summed E-state index contributed by atoms with van der Waals surface area (Å²) in [6, 6.07) is 5.68. The predicted molar refractivity (Wildman–Crippen MR) is 90.6 cm³/mol. The van der Waals surface area contributed by atoms with Crippen molar-refractivity contribution in [2.24, 2.45) is 0 Å². The van der Waals surface area contributed by atoms with Gasteiger partial charge in [0.05, 0.1) is 18.6 Å². The molecule has 1 N–H and O–H groups in total. The second kappa shape index (κ2) is 7.68. The van der Waals surface area contributed by atoms with Crippen LogP contribution in [0.2, 0.25) is 0 Å². The van der Waals surface area contributed by atoms with E-state index in [1.807, 2.05) is 18.2 Å². The van der Waals surface area contributed by atoms with Gasteiger partial charge in [-0.2, -0.15) is 8.42 Å². The van der Waals surface area contributed by atoms with Gasteiger partial charge in [-0.3, -0.25) is 9.45 Å². The Hall–Kier alpha value is -1.75. The van der Waals surface area contributed by atoms with Crippen LogP contribution in [0.15, 0.2) is 18.2 Å². The molecule has 0 bridgehead atoms. The topological polar surface area (TPSA) is 70.1 Å². The average Bonchev–Trinajstić information content (AvgIpc) is 2.53. The van der Waals surface area contributed by atoms with Crippen molar-refractivity contribution in [2.45, 2.75) is 6.42 Å². The van der Waals surface area contributed by atoms with Gasteiger partial charge >= 0.3 is 0 Å². The minimum atomic E-state index is -3.87. The molecule has 126 valence electrons. The number of nitrogens with zero attached hydrogens (tertiary/aromatic N) is 2. The smallest absolute Gasteiger partial charge is 0.264 e. The molecular formula is C16H22N2O4S. The lowest BCUT2D eigenvalue weighted by atomic mass is 10.1. The number of ether oxygens (including phenoxy) is 1. The molecule has 2 rings (SSSR count). The quantitative estimate of drug-likeness (QED) is 0.618. The van der Waals surface area contributed by atoms with Gasteiger partial charge in [-0.05, 0) is 31.2 Å². The average molecular weight is 338 g/mol. The van der Waals surface area contributed by atoms with Crippen LogP contribution in [0.3, 0.4) is 0 Å². The third-order valence-corrected chi connectivity index (χ3v) is 4.74. The molecule has 0 atom stereocenters. The zero-order valence-corrected chi connectivity index (χ0v) is 14.1. The monoisotopic (exact) mass is 338 g/mol. The van der Waals surface area contributed by atoms with Crippen LogP contribution in [0.1, 0.15) is 12.0 Å². The zero-order valence-electron chi connectivity index (χ0n) is 13.2. The van der Waals surface area contributed by atoms with Crippen LogP contribution in [0.25, 0.3) is 0 Å². The molecule has 7 heteroatoms. The van der Waals surface area contributed by atoms with Crippen molar-refractivity contribution in [1.82, 2.24) is 4.90 Å². The molecule has 1 aromatic rings. The minimum Gasteiger partial charge on any atom is -0.495 e. The third-order valence-electron chi connectivity index (χ3n) is 3.94. The van der Waals surface area contributed by atoms with Gasteiger partial charge in [0, 0.05) is 31.7 Å². The molecule has 0 aromatic heterocycles. The Kier molecular flexibility index (Phi) is 5.88. The maximum absolute atomic E-state index is 10.7. The van der Waals surface area contributed by atoms with Gasteiger partial charge < -0.3 is 9.64 Å². The lowest BCUT2D eigenvalue weighted by Gasteiger charge is -2.36. The Balaban J connectivity index is 1.93. The number of rotatable bonds is 6. The summed E-state index contributed by atoms with van der Waals surface area (Å²) in [6.45, 7) is 3.95. The highest BCUT2D eigenvalue weighted by atomic mass is 32.2. The number of methoxy groups -OCH3 is 1. The van der Waals surface area contributed by atoms with E-state index in [1.54, 1.807) is 7.11 Å². The second-order valence-electron chi connectivity index (χ2n) is 5.50. The summed E-state index contributed by atoms with van der Waals surface area (Å²) >= 11 is 0. The van der Waals surface area contributed by atoms with Crippen LogP contribution in [0.4, 0.5) is 5.69 Å². The molecule has 6 nitrogen and oxygen atoms in total. The number of terminal acetylenes is 1. The van der Waals surface area contributed by atoms with Crippen LogP contribution >= 0.6 is 0 Å². The molecule has 0 amide bonds. The first-order valence-electron chi connectivity index (χ1n) is 7.50. The van der Waals surface area contributed by atoms with Crippen molar-refractivity contribution >= 4 is 15.8 Å². The molecular weight excluding hydrogens is 316 g/mol. The van der Waals surface area contributed by atoms with Crippen LogP contribution in [0, 0.1) is 12.3 Å². The molecule has 0 aliphatic carbocycles. The Morgan fingerprint density at radius 1 is 1.30 bits per heavy atom. The predicted octanol–water partition coefficient (Wildman–Crippen LogP) is 1.08. The lowest BCUT2D eigenvalue weighted by molar-refractivity contribution is 0.257. The normalized spacial score (nSPS) is 16.1. The molecule has 1 fully saturated rings. The van der Waals surface area contributed by atoms with E-state index in [-0.39, 0.29) is 5.75 Å². The first kappa shape index (κ1) is 17.6. The molecule has 1 heterocycles. The molecule has 23 heavy (non-hydrogen) atoms. The molecule has 0 radical (unpaired) electrons. The van der Waals surface area contributed by atoms with E-state index in [4.69, 9.17) is 15.7 Å². The summed E-state index contributed by atoms with van der Waals surface area (Å²) in [5.41, 5.74) is 1.80. The van der Waals surface area contributed by atoms with Crippen molar-refractivity contribution in [2.75, 3.05) is 50.5 Å². The van der Waals surface area contributed by atoms with Gasteiger partial charge in [-0.1, -0.05) is 5.92 Å². The largest absolute Gasteiger partial charge is 0.495 e. The fourth-order valence-electron chi connectivity index (χ4n) is 2.71. The highest BCUT2D eigenvalue weighted by Crippen LogP contribution is 2.30. The molecule has 0 spiro atoms. The Morgan fingerprint density at radius 3 is 2.57 bits per heavy atom. The Bertz CT molecular complexity index is 674. The van der Waals surface area contributed by atoms with Gasteiger partial charge in [0.1, 0.15) is 5.75 Å². The number of hydrogen-bond donors (Lipinski definition) is 1. The number of hydrogen-bond acceptors (Lipinski definition) is 5. The zero-order chi connectivity index (χ0) is 16.9. The summed E-state index contributed by atoms with van der Waals surface area (Å²) in [5.74, 6) is 3.24.